The normalized spacial score (nSPS) is 12.8. The zero-order valence-electron chi connectivity index (χ0n) is 7.59. The molecule has 0 fully saturated rings. The number of halogens is 2. The van der Waals surface area contributed by atoms with Gasteiger partial charge in [-0.25, -0.2) is 4.98 Å². The van der Waals surface area contributed by atoms with Crippen LogP contribution in [-0.4, -0.2) is 21.1 Å². The van der Waals surface area contributed by atoms with E-state index in [1.54, 1.807) is 0 Å². The average molecular weight is 253 g/mol. The van der Waals surface area contributed by atoms with Gasteiger partial charge in [-0.15, -0.1) is 23.4 Å². The van der Waals surface area contributed by atoms with Gasteiger partial charge in [0.25, 0.3) is 5.56 Å². The van der Waals surface area contributed by atoms with Gasteiger partial charge in [0.1, 0.15) is 10.0 Å². The first-order valence-corrected chi connectivity index (χ1v) is 5.90. The summed E-state index contributed by atoms with van der Waals surface area (Å²) in [6.07, 6.45) is 2.21. The molecular formula is C8H10Cl2N2OS. The summed E-state index contributed by atoms with van der Waals surface area (Å²) >= 11 is 12.8. The Balaban J connectivity index is 2.76. The Labute approximate surface area is 96.2 Å². The van der Waals surface area contributed by atoms with E-state index in [4.69, 9.17) is 23.2 Å². The average Bonchev–Trinajstić information content (AvgIpc) is 2.13. The number of alkyl halides is 1. The smallest absolute Gasteiger partial charge is 0.270 e. The molecule has 14 heavy (non-hydrogen) atoms. The molecule has 6 heteroatoms. The van der Waals surface area contributed by atoms with E-state index >= 15 is 0 Å². The van der Waals surface area contributed by atoms with Crippen molar-refractivity contribution < 1.29 is 0 Å². The van der Waals surface area contributed by atoms with Crippen molar-refractivity contribution in [2.75, 3.05) is 5.88 Å². The first-order chi connectivity index (χ1) is 6.65. The van der Waals surface area contributed by atoms with Crippen LogP contribution in [0.3, 0.4) is 0 Å². The Kier molecular flexibility index (Phi) is 4.78. The minimum atomic E-state index is -0.303. The van der Waals surface area contributed by atoms with Gasteiger partial charge in [0, 0.05) is 11.1 Å². The fraction of sp³-hybridized carbons (Fsp3) is 0.500. The lowest BCUT2D eigenvalue weighted by Gasteiger charge is -2.08. The molecule has 1 N–H and O–H groups in total. The number of H-pyrrole nitrogens is 1. The van der Waals surface area contributed by atoms with Crippen molar-refractivity contribution >= 4 is 35.0 Å². The number of thioether (sulfide) groups is 1. The molecule has 1 atom stereocenters. The van der Waals surface area contributed by atoms with E-state index in [1.165, 1.54) is 18.1 Å². The van der Waals surface area contributed by atoms with E-state index in [0.717, 1.165) is 6.42 Å². The van der Waals surface area contributed by atoms with Gasteiger partial charge >= 0.3 is 0 Å². The van der Waals surface area contributed by atoms with Crippen molar-refractivity contribution in [1.82, 2.24) is 9.97 Å². The SMILES string of the molecule is CC(CCCl)Sc1nc[nH]c(=O)c1Cl. The molecule has 1 rings (SSSR count). The summed E-state index contributed by atoms with van der Waals surface area (Å²) < 4.78 is 0. The first-order valence-electron chi connectivity index (χ1n) is 4.11. The predicted octanol–water partition coefficient (Wildman–Crippen LogP) is 2.53. The van der Waals surface area contributed by atoms with Crippen LogP contribution in [0.4, 0.5) is 0 Å². The topological polar surface area (TPSA) is 45.8 Å². The summed E-state index contributed by atoms with van der Waals surface area (Å²) in [7, 11) is 0. The number of aromatic nitrogens is 2. The van der Waals surface area contributed by atoms with Crippen LogP contribution < -0.4 is 5.56 Å². The van der Waals surface area contributed by atoms with Gasteiger partial charge in [-0.2, -0.15) is 0 Å². The molecule has 0 saturated carbocycles. The van der Waals surface area contributed by atoms with E-state index in [1.807, 2.05) is 6.92 Å². The monoisotopic (exact) mass is 252 g/mol. The number of hydrogen-bond donors (Lipinski definition) is 1. The molecule has 0 amide bonds. The standard InChI is InChI=1S/C8H10Cl2N2OS/c1-5(2-3-9)14-8-6(10)7(13)11-4-12-8/h4-5H,2-3H2,1H3,(H,11,12,13). The van der Waals surface area contributed by atoms with Gasteiger partial charge in [-0.05, 0) is 6.42 Å². The van der Waals surface area contributed by atoms with Crippen molar-refractivity contribution in [3.63, 3.8) is 0 Å². The molecule has 0 aromatic carbocycles. The van der Waals surface area contributed by atoms with E-state index in [-0.39, 0.29) is 10.6 Å². The highest BCUT2D eigenvalue weighted by atomic mass is 35.5. The van der Waals surface area contributed by atoms with Crippen molar-refractivity contribution in [1.29, 1.82) is 0 Å². The summed E-state index contributed by atoms with van der Waals surface area (Å²) in [6, 6.07) is 0. The molecule has 3 nitrogen and oxygen atoms in total. The first kappa shape index (κ1) is 11.9. The van der Waals surface area contributed by atoms with Crippen molar-refractivity contribution in [2.24, 2.45) is 0 Å². The maximum Gasteiger partial charge on any atom is 0.270 e. The zero-order valence-corrected chi connectivity index (χ0v) is 9.92. The quantitative estimate of drug-likeness (QED) is 0.509. The van der Waals surface area contributed by atoms with Gasteiger partial charge in [0.15, 0.2) is 0 Å². The minimum absolute atomic E-state index is 0.152. The summed E-state index contributed by atoms with van der Waals surface area (Å²) in [5, 5.41) is 1.02. The van der Waals surface area contributed by atoms with Crippen LogP contribution in [-0.2, 0) is 0 Å². The predicted molar refractivity (Wildman–Crippen MR) is 60.5 cm³/mol. The van der Waals surface area contributed by atoms with Crippen LogP contribution >= 0.6 is 35.0 Å². The number of aromatic amines is 1. The second-order valence-corrected chi connectivity index (χ2v) is 4.94. The highest BCUT2D eigenvalue weighted by Gasteiger charge is 2.10. The summed E-state index contributed by atoms with van der Waals surface area (Å²) in [5.41, 5.74) is -0.303. The largest absolute Gasteiger partial charge is 0.312 e. The van der Waals surface area contributed by atoms with Crippen LogP contribution in [0.1, 0.15) is 13.3 Å². The van der Waals surface area contributed by atoms with E-state index in [0.29, 0.717) is 16.2 Å². The molecule has 1 unspecified atom stereocenters. The van der Waals surface area contributed by atoms with Gasteiger partial charge < -0.3 is 4.98 Å². The third-order valence-corrected chi connectivity index (χ3v) is 3.44. The minimum Gasteiger partial charge on any atom is -0.312 e. The molecule has 0 spiro atoms. The number of rotatable bonds is 4. The lowest BCUT2D eigenvalue weighted by Crippen LogP contribution is -2.09. The highest BCUT2D eigenvalue weighted by Crippen LogP contribution is 2.26. The molecule has 0 saturated heterocycles. The van der Waals surface area contributed by atoms with Crippen LogP contribution in [0.5, 0.6) is 0 Å². The van der Waals surface area contributed by atoms with Gasteiger partial charge in [0.2, 0.25) is 0 Å². The molecule has 0 bridgehead atoms. The second-order valence-electron chi connectivity index (χ2n) is 2.76. The number of nitrogens with one attached hydrogen (secondary N) is 1. The fourth-order valence-corrected chi connectivity index (χ4v) is 2.47. The van der Waals surface area contributed by atoms with Crippen LogP contribution in [0.15, 0.2) is 16.1 Å². The van der Waals surface area contributed by atoms with E-state index < -0.39 is 0 Å². The van der Waals surface area contributed by atoms with E-state index in [9.17, 15) is 4.79 Å². The van der Waals surface area contributed by atoms with Gasteiger partial charge in [-0.3, -0.25) is 4.79 Å². The molecule has 1 heterocycles. The summed E-state index contributed by atoms with van der Waals surface area (Å²) in [5.74, 6) is 0.592. The highest BCUT2D eigenvalue weighted by molar-refractivity contribution is 7.99. The van der Waals surface area contributed by atoms with Crippen molar-refractivity contribution in [3.8, 4) is 0 Å². The van der Waals surface area contributed by atoms with Crippen molar-refractivity contribution in [2.45, 2.75) is 23.6 Å². The van der Waals surface area contributed by atoms with Crippen LogP contribution in [0.25, 0.3) is 0 Å². The third-order valence-electron chi connectivity index (χ3n) is 1.59. The Morgan fingerprint density at radius 3 is 3.07 bits per heavy atom. The number of hydrogen-bond acceptors (Lipinski definition) is 3. The molecule has 1 aromatic heterocycles. The molecular weight excluding hydrogens is 243 g/mol. The lowest BCUT2D eigenvalue weighted by molar-refractivity contribution is 0.903. The van der Waals surface area contributed by atoms with Gasteiger partial charge in [-0.1, -0.05) is 18.5 Å². The molecule has 0 aliphatic rings. The van der Waals surface area contributed by atoms with Crippen molar-refractivity contribution in [3.05, 3.63) is 21.7 Å². The molecule has 78 valence electrons. The van der Waals surface area contributed by atoms with Gasteiger partial charge in [0.05, 0.1) is 6.33 Å². The zero-order chi connectivity index (χ0) is 10.6. The molecule has 1 aromatic rings. The lowest BCUT2D eigenvalue weighted by atomic mass is 10.4. The molecule has 0 radical (unpaired) electrons. The second kappa shape index (κ2) is 5.63. The summed E-state index contributed by atoms with van der Waals surface area (Å²) in [6.45, 7) is 2.02. The fourth-order valence-electron chi connectivity index (χ4n) is 0.852. The molecule has 0 aliphatic carbocycles. The van der Waals surface area contributed by atoms with Crippen LogP contribution in [0, 0.1) is 0 Å². The molecule has 0 aliphatic heterocycles. The van der Waals surface area contributed by atoms with Crippen LogP contribution in [0.2, 0.25) is 5.02 Å². The maximum atomic E-state index is 11.1. The van der Waals surface area contributed by atoms with E-state index in [2.05, 4.69) is 9.97 Å². The Hall–Kier alpha value is -0.190. The Morgan fingerprint density at radius 2 is 2.43 bits per heavy atom. The Bertz CT molecular complexity index is 355. The maximum absolute atomic E-state index is 11.1. The third kappa shape index (κ3) is 3.19. The summed E-state index contributed by atoms with van der Waals surface area (Å²) in [4.78, 5) is 17.5. The Morgan fingerprint density at radius 1 is 1.71 bits per heavy atom. The number of nitrogens with zero attached hydrogens (tertiary/aromatic N) is 1.